The minimum atomic E-state index is -0.549. The van der Waals surface area contributed by atoms with Gasteiger partial charge in [-0.3, -0.25) is 0 Å². The number of ether oxygens (including phenoxy) is 2. The second-order valence-corrected chi connectivity index (χ2v) is 32.3. The van der Waals surface area contributed by atoms with E-state index in [0.29, 0.717) is 5.56 Å². The molecule has 0 amide bonds. The number of rotatable bonds is 7. The molecule has 8 heteroatoms. The number of nitrogens with zero attached hydrogens (tertiary/aromatic N) is 6. The molecule has 8 nitrogen and oxygen atoms in total. The van der Waals surface area contributed by atoms with Crippen molar-refractivity contribution in [3.63, 3.8) is 0 Å². The zero-order chi connectivity index (χ0) is 81.0. The summed E-state index contributed by atoms with van der Waals surface area (Å²) in [6.07, 6.45) is 0. The van der Waals surface area contributed by atoms with Crippen LogP contribution in [0.25, 0.3) is 171 Å². The van der Waals surface area contributed by atoms with Crippen LogP contribution in [-0.2, 0) is 10.8 Å². The highest BCUT2D eigenvalue weighted by Crippen LogP contribution is 2.66. The quantitative estimate of drug-likeness (QED) is 0.147. The predicted octanol–water partition coefficient (Wildman–Crippen LogP) is 28.6. The molecule has 0 unspecified atom stereocenters. The van der Waals surface area contributed by atoms with Crippen molar-refractivity contribution < 1.29 is 9.47 Å². The van der Waals surface area contributed by atoms with Crippen LogP contribution in [-0.4, -0.2) is 24.5 Å². The first-order chi connectivity index (χ1) is 60.9. The third-order valence-corrected chi connectivity index (χ3v) is 26.0. The van der Waals surface area contributed by atoms with Gasteiger partial charge in [-0.1, -0.05) is 328 Å². The summed E-state index contributed by atoms with van der Waals surface area (Å²) >= 11 is 0. The Kier molecular flexibility index (Phi) is 15.5. The van der Waals surface area contributed by atoms with Crippen LogP contribution in [0.5, 0.6) is 23.0 Å². The van der Waals surface area contributed by atoms with Crippen molar-refractivity contribution in [2.24, 2.45) is 0 Å². The summed E-state index contributed by atoms with van der Waals surface area (Å²) in [5.41, 5.74) is 33.5. The Labute approximate surface area is 708 Å². The van der Waals surface area contributed by atoms with E-state index in [9.17, 15) is 5.26 Å². The lowest BCUT2D eigenvalue weighted by atomic mass is 9.66. The van der Waals surface area contributed by atoms with Gasteiger partial charge < -0.3 is 14.0 Å². The first-order valence-electron chi connectivity index (χ1n) is 41.8. The van der Waals surface area contributed by atoms with E-state index in [1.54, 1.807) is 0 Å². The van der Waals surface area contributed by atoms with E-state index in [4.69, 9.17) is 29.4 Å². The summed E-state index contributed by atoms with van der Waals surface area (Å²) < 4.78 is 15.5. The number of hydrogen-bond donors (Lipinski definition) is 0. The van der Waals surface area contributed by atoms with Gasteiger partial charge in [-0.05, 0) is 152 Å². The molecule has 4 aromatic heterocycles. The van der Waals surface area contributed by atoms with Crippen LogP contribution in [0.2, 0.25) is 0 Å². The molecule has 0 fully saturated rings. The second-order valence-electron chi connectivity index (χ2n) is 32.3. The lowest BCUT2D eigenvalue weighted by molar-refractivity contribution is 0.436. The maximum Gasteiger partial charge on any atom is 0.132 e. The van der Waals surface area contributed by atoms with Gasteiger partial charge >= 0.3 is 0 Å². The zero-order valence-electron chi connectivity index (χ0n) is 66.3. The highest BCUT2D eigenvalue weighted by Gasteiger charge is 2.53. The molecule has 18 aromatic carbocycles. The summed E-state index contributed by atoms with van der Waals surface area (Å²) in [6, 6.07) is 149. The van der Waals surface area contributed by atoms with Crippen LogP contribution in [0, 0.1) is 11.3 Å². The molecule has 123 heavy (non-hydrogen) atoms. The van der Waals surface area contributed by atoms with E-state index in [1.165, 1.54) is 55.3 Å². The van der Waals surface area contributed by atoms with Crippen LogP contribution < -0.4 is 9.47 Å². The Hall–Kier alpha value is -16.5. The summed E-state index contributed by atoms with van der Waals surface area (Å²) in [4.78, 5) is 21.2. The van der Waals surface area contributed by atoms with Crippen molar-refractivity contribution in [2.45, 2.75) is 10.8 Å². The largest absolute Gasteiger partial charge is 0.457 e. The summed E-state index contributed by atoms with van der Waals surface area (Å²) in [5.74, 6) is 3.56. The summed E-state index contributed by atoms with van der Waals surface area (Å²) in [7, 11) is 0. The highest BCUT2D eigenvalue weighted by atomic mass is 16.5. The van der Waals surface area contributed by atoms with E-state index in [1.807, 2.05) is 36.4 Å². The van der Waals surface area contributed by atoms with Gasteiger partial charge in [-0.25, -0.2) is 19.9 Å². The monoisotopic (exact) mass is 1560 g/mol. The fraction of sp³-hybridized carbons (Fsp3) is 0.0174. The van der Waals surface area contributed by atoms with E-state index < -0.39 is 10.8 Å². The van der Waals surface area contributed by atoms with E-state index in [2.05, 4.69) is 387 Å². The molecule has 6 heterocycles. The average molecular weight is 1570 g/mol. The Balaban J connectivity index is 0.000000135. The van der Waals surface area contributed by atoms with Gasteiger partial charge in [0.25, 0.3) is 0 Å². The molecule has 2 spiro atoms. The number of aromatic nitrogens is 5. The minimum absolute atomic E-state index is 0.546. The van der Waals surface area contributed by atoms with Crippen molar-refractivity contribution in [2.75, 3.05) is 0 Å². The van der Waals surface area contributed by atoms with Gasteiger partial charge in [-0.15, -0.1) is 0 Å². The first kappa shape index (κ1) is 69.6. The number of pyridine rings is 2. The molecule has 26 rings (SSSR count). The second kappa shape index (κ2) is 27.3. The normalized spacial score (nSPS) is 13.1. The van der Waals surface area contributed by atoms with Crippen LogP contribution >= 0.6 is 0 Å². The lowest BCUT2D eigenvalue weighted by Crippen LogP contribution is -2.32. The van der Waals surface area contributed by atoms with Gasteiger partial charge in [0.2, 0.25) is 0 Å². The molecule has 22 aromatic rings. The van der Waals surface area contributed by atoms with Crippen LogP contribution in [0.1, 0.15) is 50.1 Å². The topological polar surface area (TPSA) is 98.7 Å². The lowest BCUT2D eigenvalue weighted by Gasteiger charge is -2.39. The molecule has 0 N–H and O–H groups in total. The molecule has 2 aliphatic heterocycles. The molecule has 0 saturated heterocycles. The number of para-hydroxylation sites is 7. The first-order valence-corrected chi connectivity index (χ1v) is 41.8. The number of hydrogen-bond acceptors (Lipinski definition) is 7. The summed E-state index contributed by atoms with van der Waals surface area (Å²) in [5, 5.41) is 18.8. The van der Waals surface area contributed by atoms with Gasteiger partial charge in [-0.2, -0.15) is 5.26 Å². The molecule has 0 bridgehead atoms. The molecule has 4 aliphatic rings. The highest BCUT2D eigenvalue weighted by molar-refractivity contribution is 6.22. The van der Waals surface area contributed by atoms with Gasteiger partial charge in [0.15, 0.2) is 0 Å². The Morgan fingerprint density at radius 3 is 1.09 bits per heavy atom. The van der Waals surface area contributed by atoms with E-state index in [-0.39, 0.29) is 0 Å². The zero-order valence-corrected chi connectivity index (χ0v) is 66.3. The Morgan fingerprint density at radius 2 is 0.602 bits per heavy atom. The number of fused-ring (bicyclic) bond motifs is 30. The molecule has 570 valence electrons. The molecule has 0 radical (unpaired) electrons. The minimum Gasteiger partial charge on any atom is -0.457 e. The van der Waals surface area contributed by atoms with Crippen molar-refractivity contribution in [1.29, 1.82) is 5.26 Å². The Bertz CT molecular complexity index is 8160. The molecular formula is C115H68N6O2. The van der Waals surface area contributed by atoms with Crippen molar-refractivity contribution in [3.05, 3.63) is 463 Å². The molecular weight excluding hydrogens is 1500 g/mol. The van der Waals surface area contributed by atoms with Crippen molar-refractivity contribution >= 4 is 76.2 Å². The van der Waals surface area contributed by atoms with Crippen molar-refractivity contribution in [1.82, 2.24) is 24.5 Å². The number of benzene rings is 18. The van der Waals surface area contributed by atoms with E-state index >= 15 is 0 Å². The fourth-order valence-electron chi connectivity index (χ4n) is 20.8. The smallest absolute Gasteiger partial charge is 0.132 e. The molecule has 2 aliphatic carbocycles. The van der Waals surface area contributed by atoms with Gasteiger partial charge in [0, 0.05) is 93.3 Å². The maximum absolute atomic E-state index is 9.60. The van der Waals surface area contributed by atoms with E-state index in [0.717, 1.165) is 184 Å². The SMILES string of the molecule is N#Cc1ccc2c(c1)c1ccccc1n2-c1ccc(-c2ccc(-c3nc4ccccc4c4c5c(ccc34)C3(c4ccccc4Oc4ccccc43)c3ccccc3-5)cc2)cc1.c1ccc(-c2nc3ccc(-c4ccc(-c5nc6ccccc6c6c7c(ccc56)C5(c6ccccc6Oc6ccccc65)c5ccccc5-7)cc4)cc3nc2-c2ccccc2)cc1. The fourth-order valence-corrected chi connectivity index (χ4v) is 20.8. The molecule has 0 saturated carbocycles. The third-order valence-electron chi connectivity index (χ3n) is 26.0. The predicted molar refractivity (Wildman–Crippen MR) is 498 cm³/mol. The van der Waals surface area contributed by atoms with Crippen molar-refractivity contribution in [3.8, 4) is 124 Å². The van der Waals surface area contributed by atoms with Crippen LogP contribution in [0.4, 0.5) is 0 Å². The molecule has 0 atom stereocenters. The van der Waals surface area contributed by atoms with Crippen LogP contribution in [0.15, 0.2) is 413 Å². The van der Waals surface area contributed by atoms with Gasteiger partial charge in [0.1, 0.15) is 23.0 Å². The standard InChI is InChI=1S/C58H35N3O.C57H33N3O/c1-3-15-37(16-4-1)56-57(38-17-5-2-6-18-38)61-50-35-40(31-34-49(50)60-56)36-27-29-39(30-28-36)55-43-32-33-47-54(53(43)42-20-8-12-24-48(42)59-55)41-19-7-9-21-44(41)58(47)45-22-10-13-25-51(45)62-52-26-14-11-23-46(52)58;58-34-35-21-32-51-44(33-35)40-11-3-8-18-50(40)60(51)39-28-26-37(27-29-39)36-22-24-38(25-23-36)56-43-30-31-48-55(54(43)42-13-2-7-17-49(42)59-56)41-12-1-4-14-45(41)57(48)46-15-5-9-19-52(46)61-53-20-10-6-16-47(53)57/h1-35H;1-33H. The average Bonchev–Trinajstić information content (AvgIpc) is 1.52. The summed E-state index contributed by atoms with van der Waals surface area (Å²) in [6.45, 7) is 0. The number of nitriles is 1. The third kappa shape index (κ3) is 10.4. The van der Waals surface area contributed by atoms with Crippen LogP contribution in [0.3, 0.4) is 0 Å². The Morgan fingerprint density at radius 1 is 0.236 bits per heavy atom. The maximum atomic E-state index is 9.60. The van der Waals surface area contributed by atoms with Gasteiger partial charge in [0.05, 0.1) is 78.3 Å².